The molecule has 1 fully saturated rings. The fraction of sp³-hybridized carbons (Fsp3) is 0.412. The molecule has 122 valence electrons. The summed E-state index contributed by atoms with van der Waals surface area (Å²) < 4.78 is 5.24. The first kappa shape index (κ1) is 15.4. The molecule has 23 heavy (non-hydrogen) atoms. The number of aromatic amines is 1. The van der Waals surface area contributed by atoms with Gasteiger partial charge in [0.2, 0.25) is 5.91 Å². The molecular formula is C17H20N2O4. The molecule has 1 aliphatic rings. The van der Waals surface area contributed by atoms with Gasteiger partial charge in [-0.3, -0.25) is 9.59 Å². The Labute approximate surface area is 134 Å². The van der Waals surface area contributed by atoms with E-state index in [1.807, 2.05) is 24.4 Å². The fourth-order valence-corrected chi connectivity index (χ4v) is 3.08. The highest BCUT2D eigenvalue weighted by Crippen LogP contribution is 2.25. The summed E-state index contributed by atoms with van der Waals surface area (Å²) in [6, 6.07) is 5.73. The number of aromatic nitrogens is 1. The van der Waals surface area contributed by atoms with E-state index in [1.54, 1.807) is 12.0 Å². The number of carboxylic acids is 1. The number of aliphatic carboxylic acids is 1. The van der Waals surface area contributed by atoms with Crippen LogP contribution in [0.5, 0.6) is 5.75 Å². The predicted molar refractivity (Wildman–Crippen MR) is 85.5 cm³/mol. The van der Waals surface area contributed by atoms with E-state index in [1.165, 1.54) is 0 Å². The van der Waals surface area contributed by atoms with Crippen molar-refractivity contribution in [2.45, 2.75) is 19.3 Å². The highest BCUT2D eigenvalue weighted by atomic mass is 16.5. The van der Waals surface area contributed by atoms with Gasteiger partial charge in [0.1, 0.15) is 5.75 Å². The van der Waals surface area contributed by atoms with Crippen LogP contribution in [0.15, 0.2) is 24.4 Å². The maximum absolute atomic E-state index is 12.5. The molecule has 6 nitrogen and oxygen atoms in total. The summed E-state index contributed by atoms with van der Waals surface area (Å²) in [5, 5.41) is 10.0. The lowest BCUT2D eigenvalue weighted by molar-refractivity contribution is -0.145. The Morgan fingerprint density at radius 2 is 2.09 bits per heavy atom. The number of likely N-dealkylation sites (tertiary alicyclic amines) is 1. The third-order valence-corrected chi connectivity index (χ3v) is 4.51. The standard InChI is InChI=1S/C17H20N2O4/c1-23-13-2-3-15-14(9-13)12(10-18-15)8-16(20)19-6-4-11(5-7-19)17(21)22/h2-3,9-11,18H,4-8H2,1H3,(H,21,22). The first-order chi connectivity index (χ1) is 11.1. The van der Waals surface area contributed by atoms with Crippen molar-refractivity contribution in [3.05, 3.63) is 30.0 Å². The van der Waals surface area contributed by atoms with Gasteiger partial charge in [-0.2, -0.15) is 0 Å². The maximum atomic E-state index is 12.5. The summed E-state index contributed by atoms with van der Waals surface area (Å²) >= 11 is 0. The van der Waals surface area contributed by atoms with Gasteiger partial charge in [-0.25, -0.2) is 0 Å². The van der Waals surface area contributed by atoms with E-state index in [0.717, 1.165) is 22.2 Å². The molecule has 1 aromatic heterocycles. The minimum atomic E-state index is -0.763. The van der Waals surface area contributed by atoms with E-state index in [9.17, 15) is 9.59 Å². The number of amides is 1. The molecule has 1 aromatic carbocycles. The number of carboxylic acid groups (broad SMARTS) is 1. The van der Waals surface area contributed by atoms with Gasteiger partial charge in [-0.15, -0.1) is 0 Å². The van der Waals surface area contributed by atoms with Crippen molar-refractivity contribution in [2.24, 2.45) is 5.92 Å². The van der Waals surface area contributed by atoms with Gasteiger partial charge in [0.15, 0.2) is 0 Å². The second-order valence-corrected chi connectivity index (χ2v) is 5.90. The van der Waals surface area contributed by atoms with Gasteiger partial charge in [-0.1, -0.05) is 0 Å². The predicted octanol–water partition coefficient (Wildman–Crippen LogP) is 2.04. The lowest BCUT2D eigenvalue weighted by Crippen LogP contribution is -2.40. The lowest BCUT2D eigenvalue weighted by atomic mass is 9.96. The molecule has 0 radical (unpaired) electrons. The molecule has 6 heteroatoms. The number of carbonyl (C=O) groups excluding carboxylic acids is 1. The number of carbonyl (C=O) groups is 2. The highest BCUT2D eigenvalue weighted by Gasteiger charge is 2.27. The normalized spacial score (nSPS) is 15.8. The molecule has 1 amide bonds. The Balaban J connectivity index is 1.70. The number of H-pyrrole nitrogens is 1. The first-order valence-electron chi connectivity index (χ1n) is 7.73. The molecule has 2 N–H and O–H groups in total. The number of ether oxygens (including phenoxy) is 1. The summed E-state index contributed by atoms with van der Waals surface area (Å²) in [6.07, 6.45) is 3.22. The molecule has 0 unspecified atom stereocenters. The van der Waals surface area contributed by atoms with Gasteiger partial charge in [0, 0.05) is 30.2 Å². The molecule has 0 atom stereocenters. The van der Waals surface area contributed by atoms with Crippen LogP contribution in [0.3, 0.4) is 0 Å². The van der Waals surface area contributed by atoms with E-state index in [-0.39, 0.29) is 11.8 Å². The minimum Gasteiger partial charge on any atom is -0.497 e. The third kappa shape index (κ3) is 3.16. The lowest BCUT2D eigenvalue weighted by Gasteiger charge is -2.30. The second kappa shape index (κ2) is 6.32. The van der Waals surface area contributed by atoms with E-state index >= 15 is 0 Å². The van der Waals surface area contributed by atoms with Crippen LogP contribution < -0.4 is 4.74 Å². The van der Waals surface area contributed by atoms with Crippen molar-refractivity contribution in [1.82, 2.24) is 9.88 Å². The molecule has 1 aliphatic heterocycles. The van der Waals surface area contributed by atoms with Crippen LogP contribution in [0.25, 0.3) is 10.9 Å². The second-order valence-electron chi connectivity index (χ2n) is 5.90. The van der Waals surface area contributed by atoms with Crippen molar-refractivity contribution in [3.8, 4) is 5.75 Å². The number of hydrogen-bond acceptors (Lipinski definition) is 3. The average Bonchev–Trinajstić information content (AvgIpc) is 2.97. The molecule has 3 rings (SSSR count). The quantitative estimate of drug-likeness (QED) is 0.904. The van der Waals surface area contributed by atoms with Crippen LogP contribution in [-0.4, -0.2) is 47.1 Å². The zero-order valence-electron chi connectivity index (χ0n) is 13.0. The Bertz CT molecular complexity index is 729. The van der Waals surface area contributed by atoms with Crippen LogP contribution in [0.2, 0.25) is 0 Å². The van der Waals surface area contributed by atoms with Crippen LogP contribution in [0, 0.1) is 5.92 Å². The minimum absolute atomic E-state index is 0.0394. The molecule has 2 heterocycles. The maximum Gasteiger partial charge on any atom is 0.306 e. The Morgan fingerprint density at radius 3 is 2.74 bits per heavy atom. The largest absolute Gasteiger partial charge is 0.497 e. The summed E-state index contributed by atoms with van der Waals surface area (Å²) in [5.41, 5.74) is 1.91. The summed E-state index contributed by atoms with van der Waals surface area (Å²) in [6.45, 7) is 1.03. The average molecular weight is 316 g/mol. The number of nitrogens with zero attached hydrogens (tertiary/aromatic N) is 1. The van der Waals surface area contributed by atoms with Crippen LogP contribution in [-0.2, 0) is 16.0 Å². The molecule has 0 bridgehead atoms. The van der Waals surface area contributed by atoms with Gasteiger partial charge >= 0.3 is 5.97 Å². The number of methoxy groups -OCH3 is 1. The SMILES string of the molecule is COc1ccc2[nH]cc(CC(=O)N3CCC(C(=O)O)CC3)c2c1. The van der Waals surface area contributed by atoms with Crippen molar-refractivity contribution < 1.29 is 19.4 Å². The zero-order valence-corrected chi connectivity index (χ0v) is 13.0. The van der Waals surface area contributed by atoms with Gasteiger partial charge in [-0.05, 0) is 36.6 Å². The topological polar surface area (TPSA) is 82.6 Å². The van der Waals surface area contributed by atoms with Crippen molar-refractivity contribution in [2.75, 3.05) is 20.2 Å². The Kier molecular flexibility index (Phi) is 4.23. The third-order valence-electron chi connectivity index (χ3n) is 4.51. The number of piperidine rings is 1. The number of benzene rings is 1. The molecule has 0 spiro atoms. The molecule has 0 saturated carbocycles. The van der Waals surface area contributed by atoms with Crippen molar-refractivity contribution in [3.63, 3.8) is 0 Å². The van der Waals surface area contributed by atoms with E-state index < -0.39 is 5.97 Å². The van der Waals surface area contributed by atoms with Crippen molar-refractivity contribution in [1.29, 1.82) is 0 Å². The molecule has 0 aliphatic carbocycles. The van der Waals surface area contributed by atoms with Crippen LogP contribution in [0.1, 0.15) is 18.4 Å². The fourth-order valence-electron chi connectivity index (χ4n) is 3.08. The smallest absolute Gasteiger partial charge is 0.306 e. The van der Waals surface area contributed by atoms with Crippen LogP contribution in [0.4, 0.5) is 0 Å². The van der Waals surface area contributed by atoms with Crippen LogP contribution >= 0.6 is 0 Å². The summed E-state index contributed by atoms with van der Waals surface area (Å²) in [7, 11) is 1.62. The number of fused-ring (bicyclic) bond motifs is 1. The Hall–Kier alpha value is -2.50. The molecule has 1 saturated heterocycles. The van der Waals surface area contributed by atoms with E-state index in [0.29, 0.717) is 32.4 Å². The van der Waals surface area contributed by atoms with E-state index in [2.05, 4.69) is 4.98 Å². The van der Waals surface area contributed by atoms with Crippen molar-refractivity contribution >= 4 is 22.8 Å². The number of nitrogens with one attached hydrogen (secondary N) is 1. The highest BCUT2D eigenvalue weighted by molar-refractivity contribution is 5.89. The summed E-state index contributed by atoms with van der Waals surface area (Å²) in [4.78, 5) is 28.4. The molecular weight excluding hydrogens is 296 g/mol. The number of hydrogen-bond donors (Lipinski definition) is 2. The molecule has 2 aromatic rings. The van der Waals surface area contributed by atoms with Gasteiger partial charge in [0.25, 0.3) is 0 Å². The summed E-state index contributed by atoms with van der Waals surface area (Å²) in [5.74, 6) is -0.289. The van der Waals surface area contributed by atoms with Gasteiger partial charge < -0.3 is 19.7 Å². The van der Waals surface area contributed by atoms with Gasteiger partial charge in [0.05, 0.1) is 19.4 Å². The van der Waals surface area contributed by atoms with E-state index in [4.69, 9.17) is 9.84 Å². The monoisotopic (exact) mass is 316 g/mol. The Morgan fingerprint density at radius 1 is 1.35 bits per heavy atom. The zero-order chi connectivity index (χ0) is 16.4. The first-order valence-corrected chi connectivity index (χ1v) is 7.73. The number of rotatable bonds is 4.